The first-order valence-electron chi connectivity index (χ1n) is 6.23. The van der Waals surface area contributed by atoms with Gasteiger partial charge in [-0.1, -0.05) is 19.8 Å². The first kappa shape index (κ1) is 15.7. The molecule has 1 amide bonds. The van der Waals surface area contributed by atoms with Crippen molar-refractivity contribution in [3.63, 3.8) is 0 Å². The van der Waals surface area contributed by atoms with E-state index in [4.69, 9.17) is 0 Å². The maximum Gasteiger partial charge on any atom is 0.222 e. The Morgan fingerprint density at radius 2 is 1.94 bits per heavy atom. The average Bonchev–Trinajstić information content (AvgIpc) is 2.29. The third-order valence-electron chi connectivity index (χ3n) is 3.25. The molecule has 1 N–H and O–H groups in total. The van der Waals surface area contributed by atoms with Crippen LogP contribution in [-0.2, 0) is 4.79 Å². The van der Waals surface area contributed by atoms with Crippen LogP contribution in [0, 0.1) is 0 Å². The Kier molecular flexibility index (Phi) is 8.67. The second-order valence-corrected chi connectivity index (χ2v) is 4.40. The van der Waals surface area contributed by atoms with Gasteiger partial charge in [-0.3, -0.25) is 4.79 Å². The molecule has 0 aromatic heterocycles. The van der Waals surface area contributed by atoms with E-state index in [0.717, 1.165) is 38.8 Å². The number of amides is 1. The summed E-state index contributed by atoms with van der Waals surface area (Å²) < 4.78 is 0. The number of likely N-dealkylation sites (tertiary alicyclic amines) is 1. The van der Waals surface area contributed by atoms with Gasteiger partial charge in [0.15, 0.2) is 0 Å². The fraction of sp³-hybridized carbons (Fsp3) is 0.917. The van der Waals surface area contributed by atoms with Crippen molar-refractivity contribution >= 4 is 18.3 Å². The van der Waals surface area contributed by atoms with Gasteiger partial charge < -0.3 is 10.2 Å². The van der Waals surface area contributed by atoms with Gasteiger partial charge in [-0.25, -0.2) is 0 Å². The number of nitrogens with one attached hydrogen (secondary N) is 1. The summed E-state index contributed by atoms with van der Waals surface area (Å²) in [6, 6.07) is 0.615. The van der Waals surface area contributed by atoms with Crippen LogP contribution in [0.15, 0.2) is 0 Å². The molecular weight excluding hydrogens is 224 g/mol. The van der Waals surface area contributed by atoms with Gasteiger partial charge in [0.1, 0.15) is 0 Å². The molecule has 0 aromatic rings. The van der Waals surface area contributed by atoms with E-state index in [-0.39, 0.29) is 12.4 Å². The van der Waals surface area contributed by atoms with Gasteiger partial charge in [-0.15, -0.1) is 12.4 Å². The summed E-state index contributed by atoms with van der Waals surface area (Å²) in [5.41, 5.74) is 0. The Morgan fingerprint density at radius 3 is 2.44 bits per heavy atom. The van der Waals surface area contributed by atoms with Crippen molar-refractivity contribution in [2.45, 2.75) is 51.5 Å². The molecule has 1 saturated heterocycles. The number of hydrogen-bond acceptors (Lipinski definition) is 2. The summed E-state index contributed by atoms with van der Waals surface area (Å²) >= 11 is 0. The number of hydrogen-bond donors (Lipinski definition) is 1. The zero-order valence-corrected chi connectivity index (χ0v) is 11.3. The topological polar surface area (TPSA) is 32.3 Å². The lowest BCUT2D eigenvalue weighted by Crippen LogP contribution is -2.43. The Hall–Kier alpha value is -0.280. The van der Waals surface area contributed by atoms with Crippen molar-refractivity contribution < 1.29 is 4.79 Å². The predicted molar refractivity (Wildman–Crippen MR) is 70.1 cm³/mol. The fourth-order valence-electron chi connectivity index (χ4n) is 2.10. The van der Waals surface area contributed by atoms with Crippen LogP contribution in [0.5, 0.6) is 0 Å². The molecule has 96 valence electrons. The van der Waals surface area contributed by atoms with E-state index in [1.54, 1.807) is 0 Å². The summed E-state index contributed by atoms with van der Waals surface area (Å²) in [6.45, 7) is 4.05. The molecule has 0 atom stereocenters. The van der Waals surface area contributed by atoms with Crippen LogP contribution >= 0.6 is 12.4 Å². The first-order chi connectivity index (χ1) is 7.27. The first-order valence-corrected chi connectivity index (χ1v) is 6.23. The van der Waals surface area contributed by atoms with Crippen LogP contribution in [0.3, 0.4) is 0 Å². The van der Waals surface area contributed by atoms with Crippen molar-refractivity contribution in [1.82, 2.24) is 10.2 Å². The maximum atomic E-state index is 11.8. The van der Waals surface area contributed by atoms with Crippen molar-refractivity contribution in [2.24, 2.45) is 0 Å². The Balaban J connectivity index is 0.00000225. The second-order valence-electron chi connectivity index (χ2n) is 4.40. The standard InChI is InChI=1S/C12H24N2O.ClH/c1-3-4-5-6-12(15)14-9-7-11(13-2)8-10-14;/h11,13H,3-10H2,1-2H3;1H. The molecular formula is C12H25ClN2O. The monoisotopic (exact) mass is 248 g/mol. The third kappa shape index (κ3) is 5.17. The molecule has 1 rings (SSSR count). The molecule has 0 radical (unpaired) electrons. The minimum absolute atomic E-state index is 0. The van der Waals surface area contributed by atoms with Crippen LogP contribution in [0.4, 0.5) is 0 Å². The van der Waals surface area contributed by atoms with Gasteiger partial charge in [0, 0.05) is 25.6 Å². The molecule has 1 aliphatic heterocycles. The number of carbonyl (C=O) groups is 1. The van der Waals surface area contributed by atoms with Crippen molar-refractivity contribution in [3.8, 4) is 0 Å². The minimum Gasteiger partial charge on any atom is -0.343 e. The summed E-state index contributed by atoms with van der Waals surface area (Å²) in [4.78, 5) is 13.8. The zero-order chi connectivity index (χ0) is 11.1. The van der Waals surface area contributed by atoms with Gasteiger partial charge in [-0.05, 0) is 26.3 Å². The molecule has 0 bridgehead atoms. The maximum absolute atomic E-state index is 11.8. The smallest absolute Gasteiger partial charge is 0.222 e. The van der Waals surface area contributed by atoms with Gasteiger partial charge in [0.25, 0.3) is 0 Å². The quantitative estimate of drug-likeness (QED) is 0.757. The molecule has 4 heteroatoms. The van der Waals surface area contributed by atoms with Gasteiger partial charge in [-0.2, -0.15) is 0 Å². The molecule has 1 aliphatic rings. The van der Waals surface area contributed by atoms with Gasteiger partial charge >= 0.3 is 0 Å². The van der Waals surface area contributed by atoms with E-state index < -0.39 is 0 Å². The van der Waals surface area contributed by atoms with Gasteiger partial charge in [0.2, 0.25) is 5.91 Å². The molecule has 0 unspecified atom stereocenters. The molecule has 0 aromatic carbocycles. The minimum atomic E-state index is 0. The molecule has 0 spiro atoms. The Bertz CT molecular complexity index is 191. The number of carbonyl (C=O) groups excluding carboxylic acids is 1. The lowest BCUT2D eigenvalue weighted by atomic mass is 10.0. The molecule has 3 nitrogen and oxygen atoms in total. The number of rotatable bonds is 5. The van der Waals surface area contributed by atoms with Crippen LogP contribution in [0.2, 0.25) is 0 Å². The Labute approximate surface area is 105 Å². The second kappa shape index (κ2) is 8.82. The third-order valence-corrected chi connectivity index (χ3v) is 3.25. The van der Waals surface area contributed by atoms with E-state index in [0.29, 0.717) is 11.9 Å². The summed E-state index contributed by atoms with van der Waals surface area (Å²) in [7, 11) is 2.00. The molecule has 1 heterocycles. The van der Waals surface area contributed by atoms with Gasteiger partial charge in [0.05, 0.1) is 0 Å². The van der Waals surface area contributed by atoms with Crippen LogP contribution in [0.1, 0.15) is 45.4 Å². The fourth-order valence-corrected chi connectivity index (χ4v) is 2.10. The summed E-state index contributed by atoms with van der Waals surface area (Å²) in [5.74, 6) is 0.359. The molecule has 0 aliphatic carbocycles. The largest absolute Gasteiger partial charge is 0.343 e. The normalized spacial score (nSPS) is 17.0. The van der Waals surface area contributed by atoms with Crippen molar-refractivity contribution in [2.75, 3.05) is 20.1 Å². The van der Waals surface area contributed by atoms with Crippen LogP contribution in [-0.4, -0.2) is 37.0 Å². The highest BCUT2D eigenvalue weighted by Gasteiger charge is 2.20. The van der Waals surface area contributed by atoms with E-state index in [9.17, 15) is 4.79 Å². The molecule has 16 heavy (non-hydrogen) atoms. The molecule has 1 fully saturated rings. The number of halogens is 1. The van der Waals surface area contributed by atoms with Crippen molar-refractivity contribution in [3.05, 3.63) is 0 Å². The van der Waals surface area contributed by atoms with E-state index in [1.165, 1.54) is 12.8 Å². The van der Waals surface area contributed by atoms with Crippen LogP contribution < -0.4 is 5.32 Å². The van der Waals surface area contributed by atoms with Crippen molar-refractivity contribution in [1.29, 1.82) is 0 Å². The number of piperidine rings is 1. The number of unbranched alkanes of at least 4 members (excludes halogenated alkanes) is 2. The van der Waals surface area contributed by atoms with E-state index in [2.05, 4.69) is 12.2 Å². The lowest BCUT2D eigenvalue weighted by molar-refractivity contribution is -0.132. The highest BCUT2D eigenvalue weighted by Crippen LogP contribution is 2.12. The van der Waals surface area contributed by atoms with Crippen LogP contribution in [0.25, 0.3) is 0 Å². The highest BCUT2D eigenvalue weighted by atomic mass is 35.5. The summed E-state index contributed by atoms with van der Waals surface area (Å²) in [6.07, 6.45) is 6.39. The number of nitrogens with zero attached hydrogens (tertiary/aromatic N) is 1. The lowest BCUT2D eigenvalue weighted by Gasteiger charge is -2.31. The van der Waals surface area contributed by atoms with E-state index in [1.807, 2.05) is 11.9 Å². The highest BCUT2D eigenvalue weighted by molar-refractivity contribution is 5.85. The average molecular weight is 249 g/mol. The van der Waals surface area contributed by atoms with E-state index >= 15 is 0 Å². The SMILES string of the molecule is CCCCCC(=O)N1CCC(NC)CC1.Cl. The Morgan fingerprint density at radius 1 is 1.31 bits per heavy atom. The molecule has 0 saturated carbocycles. The zero-order valence-electron chi connectivity index (χ0n) is 10.5. The summed E-state index contributed by atoms with van der Waals surface area (Å²) in [5, 5.41) is 3.28. The predicted octanol–water partition coefficient (Wildman–Crippen LogP) is 2.20.